The van der Waals surface area contributed by atoms with Gasteiger partial charge in [-0.1, -0.05) is 6.92 Å². The lowest BCUT2D eigenvalue weighted by molar-refractivity contribution is 0.0936. The van der Waals surface area contributed by atoms with E-state index in [9.17, 15) is 5.11 Å². The van der Waals surface area contributed by atoms with E-state index in [1.165, 1.54) is 0 Å². The Bertz CT molecular complexity index is 1110. The predicted octanol–water partition coefficient (Wildman–Crippen LogP) is 4.31. The zero-order valence-corrected chi connectivity index (χ0v) is 17.7. The number of benzene rings is 1. The zero-order valence-electron chi connectivity index (χ0n) is 17.7. The molecule has 2 bridgehead atoms. The molecule has 0 radical (unpaired) electrons. The zero-order chi connectivity index (χ0) is 21.6. The summed E-state index contributed by atoms with van der Waals surface area (Å²) in [7, 11) is 0. The first-order valence-corrected chi connectivity index (χ1v) is 10.7. The smallest absolute Gasteiger partial charge is 0.137 e. The molecule has 2 aliphatic heterocycles. The van der Waals surface area contributed by atoms with Gasteiger partial charge in [-0.05, 0) is 55.9 Å². The topological polar surface area (TPSA) is 75.9 Å². The van der Waals surface area contributed by atoms with Crippen LogP contribution in [0.2, 0.25) is 0 Å². The number of hydrogen-bond donors (Lipinski definition) is 2. The summed E-state index contributed by atoms with van der Waals surface area (Å²) in [4.78, 5) is 13.0. The highest BCUT2D eigenvalue weighted by Crippen LogP contribution is 2.41. The summed E-state index contributed by atoms with van der Waals surface area (Å²) in [6, 6.07) is 5.22. The summed E-state index contributed by atoms with van der Waals surface area (Å²) in [5, 5.41) is 14.0. The van der Waals surface area contributed by atoms with E-state index in [1.54, 1.807) is 37.1 Å². The average molecular weight is 420 g/mol. The van der Waals surface area contributed by atoms with Gasteiger partial charge in [-0.15, -0.1) is 0 Å². The van der Waals surface area contributed by atoms with Crippen LogP contribution in [0.1, 0.15) is 38.8 Å². The lowest BCUT2D eigenvalue weighted by atomic mass is 9.70. The van der Waals surface area contributed by atoms with Crippen LogP contribution in [0.3, 0.4) is 0 Å². The molecular weight excluding hydrogens is 393 g/mol. The molecule has 1 aromatic carbocycles. The fourth-order valence-corrected chi connectivity index (χ4v) is 5.15. The molecule has 0 amide bonds. The molecule has 3 aromatic rings. The van der Waals surface area contributed by atoms with Gasteiger partial charge in [0.15, 0.2) is 0 Å². The third-order valence-corrected chi connectivity index (χ3v) is 6.36. The van der Waals surface area contributed by atoms with E-state index in [0.29, 0.717) is 29.3 Å². The van der Waals surface area contributed by atoms with Crippen LogP contribution >= 0.6 is 0 Å². The van der Waals surface area contributed by atoms with Crippen molar-refractivity contribution >= 4 is 6.08 Å². The van der Waals surface area contributed by atoms with Crippen molar-refractivity contribution in [2.45, 2.75) is 50.9 Å². The molecule has 0 saturated carbocycles. The van der Waals surface area contributed by atoms with Crippen molar-refractivity contribution in [3.63, 3.8) is 0 Å². The molecule has 2 N–H and O–H groups in total. The third-order valence-electron chi connectivity index (χ3n) is 6.36. The summed E-state index contributed by atoms with van der Waals surface area (Å²) in [5.41, 5.74) is 3.32. The Labute approximate surface area is 180 Å². The molecule has 2 aromatic heterocycles. The van der Waals surface area contributed by atoms with Gasteiger partial charge >= 0.3 is 0 Å². The molecule has 2 fully saturated rings. The number of nitrogens with zero attached hydrogens (tertiary/aromatic N) is 4. The SMILES string of the molecule is C[C@H]1CC2N[C@](C)(C/C(=C/c3cnc(-c4ccc(-n5ccnc5)cc4O)cn3)[C@H]2F)C1. The number of halogens is 1. The van der Waals surface area contributed by atoms with E-state index < -0.39 is 6.17 Å². The highest BCUT2D eigenvalue weighted by molar-refractivity contribution is 5.68. The molecule has 1 unspecified atom stereocenters. The van der Waals surface area contributed by atoms with Gasteiger partial charge in [0.2, 0.25) is 0 Å². The second-order valence-corrected chi connectivity index (χ2v) is 9.15. The predicted molar refractivity (Wildman–Crippen MR) is 117 cm³/mol. The molecule has 0 aliphatic carbocycles. The van der Waals surface area contributed by atoms with Crippen LogP contribution < -0.4 is 5.32 Å². The first-order chi connectivity index (χ1) is 14.9. The number of aromatic nitrogens is 4. The van der Waals surface area contributed by atoms with Crippen LogP contribution in [0, 0.1) is 5.92 Å². The molecule has 2 saturated heterocycles. The van der Waals surface area contributed by atoms with E-state index in [4.69, 9.17) is 0 Å². The number of aromatic hydroxyl groups is 1. The van der Waals surface area contributed by atoms with Crippen molar-refractivity contribution in [3.8, 4) is 22.7 Å². The minimum Gasteiger partial charge on any atom is -0.507 e. The number of phenolic OH excluding ortho intramolecular Hbond substituents is 1. The average Bonchev–Trinajstić information content (AvgIpc) is 3.27. The quantitative estimate of drug-likeness (QED) is 0.662. The Balaban J connectivity index is 1.38. The van der Waals surface area contributed by atoms with Gasteiger partial charge in [-0.2, -0.15) is 0 Å². The Morgan fingerprint density at radius 3 is 2.87 bits per heavy atom. The number of imidazole rings is 1. The van der Waals surface area contributed by atoms with Gasteiger partial charge < -0.3 is 15.0 Å². The summed E-state index contributed by atoms with van der Waals surface area (Å²) < 4.78 is 16.9. The maximum Gasteiger partial charge on any atom is 0.137 e. The Morgan fingerprint density at radius 1 is 1.29 bits per heavy atom. The van der Waals surface area contributed by atoms with Crippen molar-refractivity contribution in [1.29, 1.82) is 0 Å². The van der Waals surface area contributed by atoms with E-state index in [-0.39, 0.29) is 17.3 Å². The molecule has 7 heteroatoms. The largest absolute Gasteiger partial charge is 0.507 e. The molecular formula is C24H26FN5O. The van der Waals surface area contributed by atoms with Gasteiger partial charge in [0.05, 0.1) is 35.8 Å². The third kappa shape index (κ3) is 3.85. The van der Waals surface area contributed by atoms with Crippen molar-refractivity contribution < 1.29 is 9.50 Å². The van der Waals surface area contributed by atoms with E-state index in [0.717, 1.165) is 24.1 Å². The van der Waals surface area contributed by atoms with Gasteiger partial charge in [0, 0.05) is 35.6 Å². The Kier molecular flexibility index (Phi) is 4.85. The molecule has 5 rings (SSSR count). The van der Waals surface area contributed by atoms with Crippen LogP contribution in [-0.4, -0.2) is 42.4 Å². The molecule has 4 heterocycles. The summed E-state index contributed by atoms with van der Waals surface area (Å²) >= 11 is 0. The molecule has 2 aliphatic rings. The molecule has 4 atom stereocenters. The molecule has 160 valence electrons. The van der Waals surface area contributed by atoms with Crippen molar-refractivity contribution in [3.05, 3.63) is 60.6 Å². The van der Waals surface area contributed by atoms with Crippen molar-refractivity contribution in [1.82, 2.24) is 24.8 Å². The van der Waals surface area contributed by atoms with Crippen molar-refractivity contribution in [2.24, 2.45) is 5.92 Å². The van der Waals surface area contributed by atoms with E-state index in [2.05, 4.69) is 34.1 Å². The number of rotatable bonds is 3. The normalized spacial score (nSPS) is 29.3. The summed E-state index contributed by atoms with van der Waals surface area (Å²) in [6.07, 6.45) is 11.8. The number of phenols is 1. The minimum atomic E-state index is -1.00. The summed E-state index contributed by atoms with van der Waals surface area (Å²) in [5.74, 6) is 0.645. The fourth-order valence-electron chi connectivity index (χ4n) is 5.15. The number of piperidine rings is 2. The van der Waals surface area contributed by atoms with Gasteiger partial charge in [-0.3, -0.25) is 9.97 Å². The maximum atomic E-state index is 15.1. The molecule has 31 heavy (non-hydrogen) atoms. The van der Waals surface area contributed by atoms with Gasteiger partial charge in [-0.25, -0.2) is 9.37 Å². The van der Waals surface area contributed by atoms with Crippen LogP contribution in [-0.2, 0) is 0 Å². The summed E-state index contributed by atoms with van der Waals surface area (Å²) in [6.45, 7) is 4.38. The minimum absolute atomic E-state index is 0.0626. The van der Waals surface area contributed by atoms with Crippen molar-refractivity contribution in [2.75, 3.05) is 0 Å². The van der Waals surface area contributed by atoms with Crippen LogP contribution in [0.25, 0.3) is 23.0 Å². The monoisotopic (exact) mass is 419 g/mol. The Morgan fingerprint density at radius 2 is 2.16 bits per heavy atom. The highest BCUT2D eigenvalue weighted by atomic mass is 19.1. The number of alkyl halides is 1. The lowest BCUT2D eigenvalue weighted by Gasteiger charge is -2.49. The van der Waals surface area contributed by atoms with Crippen LogP contribution in [0.5, 0.6) is 5.75 Å². The Hall–Kier alpha value is -3.06. The van der Waals surface area contributed by atoms with E-state index in [1.807, 2.05) is 22.9 Å². The maximum absolute atomic E-state index is 15.1. The number of nitrogens with one attached hydrogen (secondary N) is 1. The second-order valence-electron chi connectivity index (χ2n) is 9.15. The highest BCUT2D eigenvalue weighted by Gasteiger charge is 2.45. The van der Waals surface area contributed by atoms with Gasteiger partial charge in [0.1, 0.15) is 11.9 Å². The van der Waals surface area contributed by atoms with Gasteiger partial charge in [0.25, 0.3) is 0 Å². The van der Waals surface area contributed by atoms with Crippen LogP contribution in [0.4, 0.5) is 4.39 Å². The molecule has 6 nitrogen and oxygen atoms in total. The van der Waals surface area contributed by atoms with E-state index >= 15 is 4.39 Å². The lowest BCUT2D eigenvalue weighted by Crippen LogP contribution is -2.61. The standard InChI is InChI=1S/C24H26FN5O/c1-15-7-20-23(25)16(11-24(2,10-15)29-20)8-17-12-28-21(13-27-17)19-4-3-18(9-22(19)31)30-6-5-26-14-30/h3-6,8-9,12-15,20,23,29,31H,7,10-11H2,1-2H3/b16-8-/t15-,20?,23+,24-/m0/s1. The fraction of sp³-hybridized carbons (Fsp3) is 0.375. The first kappa shape index (κ1) is 19.9. The second kappa shape index (κ2) is 7.57. The number of hydrogen-bond acceptors (Lipinski definition) is 5. The number of fused-ring (bicyclic) bond motifs is 2. The first-order valence-electron chi connectivity index (χ1n) is 10.7. The molecule has 0 spiro atoms. The van der Waals surface area contributed by atoms with Crippen LogP contribution in [0.15, 0.2) is 54.9 Å².